The maximum absolute atomic E-state index is 13.5. The van der Waals surface area contributed by atoms with Crippen LogP contribution in [0.4, 0.5) is 13.2 Å². The zero-order chi connectivity index (χ0) is 24.5. The van der Waals surface area contributed by atoms with Gasteiger partial charge in [-0.25, -0.2) is 4.68 Å². The lowest BCUT2D eigenvalue weighted by Crippen LogP contribution is -2.37. The zero-order valence-electron chi connectivity index (χ0n) is 18.4. The lowest BCUT2D eigenvalue weighted by atomic mass is 10.1. The van der Waals surface area contributed by atoms with Crippen LogP contribution in [-0.2, 0) is 23.9 Å². The van der Waals surface area contributed by atoms with E-state index in [9.17, 15) is 22.8 Å². The molecule has 1 heterocycles. The molecule has 178 valence electrons. The summed E-state index contributed by atoms with van der Waals surface area (Å²) in [5.41, 5.74) is 7.10. The van der Waals surface area contributed by atoms with E-state index in [1.54, 1.807) is 31.2 Å². The van der Waals surface area contributed by atoms with Crippen LogP contribution in [0, 0.1) is 0 Å². The fourth-order valence-electron chi connectivity index (χ4n) is 3.97. The number of nitrogens with two attached hydrogens (primary N) is 1. The molecular formula is C24H24F3N5O2. The molecule has 2 amide bonds. The standard InChI is InChI=1S/C24H24F3N5O2/c1-14(28)22(33)29-13-15-5-4-7-17(11-15)32-20(12-21(31-32)24(25,26)27)23(34)30-19-10-9-16-6-2-3-8-18(16)19/h2-8,11-12,14,19H,9-10,13,28H2,1H3,(H,29,33)(H,30,34)/t14-,19+/m0/s1. The van der Waals surface area contributed by atoms with E-state index >= 15 is 0 Å². The molecule has 3 aromatic rings. The van der Waals surface area contributed by atoms with E-state index in [0.717, 1.165) is 28.3 Å². The van der Waals surface area contributed by atoms with E-state index < -0.39 is 23.8 Å². The minimum absolute atomic E-state index is 0.127. The maximum Gasteiger partial charge on any atom is 0.435 e. The Bertz CT molecular complexity index is 1220. The van der Waals surface area contributed by atoms with E-state index in [1.807, 2.05) is 24.3 Å². The van der Waals surface area contributed by atoms with Gasteiger partial charge in [0.15, 0.2) is 5.69 Å². The fourth-order valence-corrected chi connectivity index (χ4v) is 3.97. The third-order valence-electron chi connectivity index (χ3n) is 5.71. The number of alkyl halides is 3. The maximum atomic E-state index is 13.5. The summed E-state index contributed by atoms with van der Waals surface area (Å²) in [6, 6.07) is 13.9. The summed E-state index contributed by atoms with van der Waals surface area (Å²) in [7, 11) is 0. The van der Waals surface area contributed by atoms with Crippen molar-refractivity contribution in [3.05, 3.63) is 82.7 Å². The molecule has 0 saturated carbocycles. The van der Waals surface area contributed by atoms with Crippen LogP contribution < -0.4 is 16.4 Å². The molecule has 2 atom stereocenters. The molecule has 4 N–H and O–H groups in total. The van der Waals surface area contributed by atoms with Crippen molar-refractivity contribution in [2.24, 2.45) is 5.73 Å². The van der Waals surface area contributed by atoms with Gasteiger partial charge >= 0.3 is 6.18 Å². The van der Waals surface area contributed by atoms with Crippen molar-refractivity contribution < 1.29 is 22.8 Å². The van der Waals surface area contributed by atoms with E-state index in [-0.39, 0.29) is 29.9 Å². The highest BCUT2D eigenvalue weighted by atomic mass is 19.4. The molecule has 0 spiro atoms. The van der Waals surface area contributed by atoms with Gasteiger partial charge in [-0.2, -0.15) is 18.3 Å². The first-order valence-corrected chi connectivity index (χ1v) is 10.8. The van der Waals surface area contributed by atoms with Crippen molar-refractivity contribution in [2.75, 3.05) is 0 Å². The Hall–Kier alpha value is -3.66. The van der Waals surface area contributed by atoms with Crippen LogP contribution in [0.3, 0.4) is 0 Å². The molecular weight excluding hydrogens is 447 g/mol. The van der Waals surface area contributed by atoms with Crippen LogP contribution in [0.2, 0.25) is 0 Å². The lowest BCUT2D eigenvalue weighted by Gasteiger charge is -2.15. The fraction of sp³-hybridized carbons (Fsp3) is 0.292. The first-order chi connectivity index (χ1) is 16.1. The minimum atomic E-state index is -4.72. The SMILES string of the molecule is C[C@H](N)C(=O)NCc1cccc(-n2nc(C(F)(F)F)cc2C(=O)N[C@@H]2CCc3ccccc32)c1. The van der Waals surface area contributed by atoms with Crippen LogP contribution in [0.5, 0.6) is 0 Å². The molecule has 0 unspecified atom stereocenters. The summed E-state index contributed by atoms with van der Waals surface area (Å²) in [4.78, 5) is 24.9. The first-order valence-electron chi connectivity index (χ1n) is 10.8. The predicted molar refractivity (Wildman–Crippen MR) is 119 cm³/mol. The average Bonchev–Trinajstić information content (AvgIpc) is 3.43. The van der Waals surface area contributed by atoms with Crippen LogP contribution in [0.15, 0.2) is 54.6 Å². The minimum Gasteiger partial charge on any atom is -0.351 e. The topological polar surface area (TPSA) is 102 Å². The average molecular weight is 471 g/mol. The van der Waals surface area contributed by atoms with Crippen molar-refractivity contribution in [1.82, 2.24) is 20.4 Å². The van der Waals surface area contributed by atoms with Crippen LogP contribution in [0.25, 0.3) is 5.69 Å². The van der Waals surface area contributed by atoms with Gasteiger partial charge < -0.3 is 16.4 Å². The number of rotatable bonds is 6. The second-order valence-corrected chi connectivity index (χ2v) is 8.26. The Morgan fingerprint density at radius 2 is 1.94 bits per heavy atom. The van der Waals surface area contributed by atoms with Gasteiger partial charge in [0.25, 0.3) is 5.91 Å². The highest BCUT2D eigenvalue weighted by molar-refractivity contribution is 5.93. The predicted octanol–water partition coefficient (Wildman–Crippen LogP) is 3.27. The molecule has 7 nitrogen and oxygen atoms in total. The summed E-state index contributed by atoms with van der Waals surface area (Å²) in [5.74, 6) is -1.01. The van der Waals surface area contributed by atoms with Crippen LogP contribution >= 0.6 is 0 Å². The number of nitrogens with zero attached hydrogens (tertiary/aromatic N) is 2. The summed E-state index contributed by atoms with van der Waals surface area (Å²) >= 11 is 0. The number of benzene rings is 2. The third-order valence-corrected chi connectivity index (χ3v) is 5.71. The van der Waals surface area contributed by atoms with Crippen molar-refractivity contribution in [1.29, 1.82) is 0 Å². The lowest BCUT2D eigenvalue weighted by molar-refractivity contribution is -0.141. The Morgan fingerprint density at radius 1 is 1.18 bits per heavy atom. The van der Waals surface area contributed by atoms with Gasteiger partial charge in [0.05, 0.1) is 17.8 Å². The van der Waals surface area contributed by atoms with E-state index in [1.165, 1.54) is 0 Å². The molecule has 1 aromatic heterocycles. The Morgan fingerprint density at radius 3 is 2.68 bits per heavy atom. The molecule has 0 saturated heterocycles. The second kappa shape index (κ2) is 9.30. The molecule has 0 radical (unpaired) electrons. The zero-order valence-corrected chi connectivity index (χ0v) is 18.4. The van der Waals surface area contributed by atoms with Crippen molar-refractivity contribution >= 4 is 11.8 Å². The summed E-state index contributed by atoms with van der Waals surface area (Å²) < 4.78 is 41.4. The number of aryl methyl sites for hydroxylation is 1. The molecule has 1 aliphatic rings. The molecule has 10 heteroatoms. The summed E-state index contributed by atoms with van der Waals surface area (Å²) in [5, 5.41) is 9.18. The number of halogens is 3. The summed E-state index contributed by atoms with van der Waals surface area (Å²) in [6.07, 6.45) is -3.27. The monoisotopic (exact) mass is 471 g/mol. The normalized spacial score (nSPS) is 16.1. The molecule has 4 rings (SSSR count). The molecule has 0 fully saturated rings. The number of aromatic nitrogens is 2. The molecule has 0 bridgehead atoms. The Labute approximate surface area is 194 Å². The number of hydrogen-bond donors (Lipinski definition) is 3. The number of hydrogen-bond acceptors (Lipinski definition) is 4. The number of fused-ring (bicyclic) bond motifs is 1. The second-order valence-electron chi connectivity index (χ2n) is 8.26. The molecule has 34 heavy (non-hydrogen) atoms. The quantitative estimate of drug-likeness (QED) is 0.514. The van der Waals surface area contributed by atoms with Crippen molar-refractivity contribution in [2.45, 2.75) is 44.6 Å². The highest BCUT2D eigenvalue weighted by Gasteiger charge is 2.36. The smallest absolute Gasteiger partial charge is 0.351 e. The van der Waals surface area contributed by atoms with Crippen molar-refractivity contribution in [3.63, 3.8) is 0 Å². The van der Waals surface area contributed by atoms with Gasteiger partial charge in [0.1, 0.15) is 5.69 Å². The van der Waals surface area contributed by atoms with E-state index in [4.69, 9.17) is 5.73 Å². The summed E-state index contributed by atoms with van der Waals surface area (Å²) in [6.45, 7) is 1.67. The highest BCUT2D eigenvalue weighted by Crippen LogP contribution is 2.32. The Kier molecular flexibility index (Phi) is 6.43. The van der Waals surface area contributed by atoms with Gasteiger partial charge in [-0.3, -0.25) is 9.59 Å². The first kappa shape index (κ1) is 23.5. The van der Waals surface area contributed by atoms with Crippen LogP contribution in [-0.4, -0.2) is 27.6 Å². The molecule has 2 aromatic carbocycles. The van der Waals surface area contributed by atoms with Crippen LogP contribution in [0.1, 0.15) is 52.3 Å². The van der Waals surface area contributed by atoms with Gasteiger partial charge in [0.2, 0.25) is 5.91 Å². The third kappa shape index (κ3) is 4.96. The van der Waals surface area contributed by atoms with E-state index in [0.29, 0.717) is 12.0 Å². The number of nitrogens with one attached hydrogen (secondary N) is 2. The number of carbonyl (C=O) groups is 2. The number of amides is 2. The van der Waals surface area contributed by atoms with E-state index in [2.05, 4.69) is 15.7 Å². The molecule has 1 aliphatic carbocycles. The van der Waals surface area contributed by atoms with Gasteiger partial charge in [-0.1, -0.05) is 36.4 Å². The number of carbonyl (C=O) groups excluding carboxylic acids is 2. The largest absolute Gasteiger partial charge is 0.435 e. The Balaban J connectivity index is 1.63. The van der Waals surface area contributed by atoms with Gasteiger partial charge in [0, 0.05) is 12.6 Å². The van der Waals surface area contributed by atoms with Gasteiger partial charge in [-0.05, 0) is 48.6 Å². The molecule has 0 aliphatic heterocycles. The van der Waals surface area contributed by atoms with Crippen molar-refractivity contribution in [3.8, 4) is 5.69 Å². The van der Waals surface area contributed by atoms with Gasteiger partial charge in [-0.15, -0.1) is 0 Å².